The molecule has 0 saturated carbocycles. The fraction of sp³-hybridized carbons (Fsp3) is 0.600. The van der Waals surface area contributed by atoms with Gasteiger partial charge in [0.05, 0.1) is 19.8 Å². The topological polar surface area (TPSA) is 18.5 Å². The molecule has 2 nitrogen and oxygen atoms in total. The van der Waals surface area contributed by atoms with Crippen LogP contribution in [0.4, 0.5) is 0 Å². The number of halogens is 1. The molecule has 0 unspecified atom stereocenters. The minimum Gasteiger partial charge on any atom is -0.379 e. The molecule has 0 aliphatic heterocycles. The molecule has 0 spiro atoms. The highest BCUT2D eigenvalue weighted by Gasteiger charge is 1.93. The molecule has 3 heteroatoms. The zero-order valence-corrected chi connectivity index (χ0v) is 12.5. The molecule has 0 N–H and O–H groups in total. The second kappa shape index (κ2) is 11.7. The lowest BCUT2D eigenvalue weighted by molar-refractivity contribution is 0.0393. The van der Waals surface area contributed by atoms with Gasteiger partial charge >= 0.3 is 0 Å². The minimum absolute atomic E-state index is 0.676. The lowest BCUT2D eigenvalue weighted by Gasteiger charge is -2.06. The third-order valence-corrected chi connectivity index (χ3v) is 3.22. The molecule has 0 fully saturated rings. The van der Waals surface area contributed by atoms with E-state index < -0.39 is 0 Å². The molecule has 102 valence electrons. The van der Waals surface area contributed by atoms with Crippen LogP contribution in [0, 0.1) is 0 Å². The predicted octanol–water partition coefficient (Wildman–Crippen LogP) is 4.18. The maximum Gasteiger partial charge on any atom is 0.0718 e. The summed E-state index contributed by atoms with van der Waals surface area (Å²) in [6.07, 6.45) is 4.97. The van der Waals surface area contributed by atoms with E-state index >= 15 is 0 Å². The van der Waals surface area contributed by atoms with Gasteiger partial charge in [0.2, 0.25) is 0 Å². The molecule has 0 radical (unpaired) electrons. The Morgan fingerprint density at radius 2 is 1.50 bits per heavy atom. The van der Waals surface area contributed by atoms with Gasteiger partial charge in [0.25, 0.3) is 0 Å². The number of unbranched alkanes of at least 4 members (excludes halogenated alkanes) is 3. The molecule has 1 rings (SSSR count). The fourth-order valence-corrected chi connectivity index (χ4v) is 2.03. The Balaban J connectivity index is 1.82. The highest BCUT2D eigenvalue weighted by atomic mass is 79.9. The fourth-order valence-electron chi connectivity index (χ4n) is 1.64. The van der Waals surface area contributed by atoms with E-state index in [2.05, 4.69) is 28.1 Å². The Bertz CT molecular complexity index is 277. The Hall–Kier alpha value is -0.380. The Morgan fingerprint density at radius 1 is 0.778 bits per heavy atom. The normalized spacial score (nSPS) is 10.7. The van der Waals surface area contributed by atoms with E-state index in [0.717, 1.165) is 18.4 Å². The molecule has 0 aliphatic carbocycles. The molecule has 0 aliphatic rings. The molecule has 0 aromatic heterocycles. The Kier molecular flexibility index (Phi) is 10.2. The van der Waals surface area contributed by atoms with E-state index in [0.29, 0.717) is 19.8 Å². The van der Waals surface area contributed by atoms with Crippen LogP contribution >= 0.6 is 15.9 Å². The van der Waals surface area contributed by atoms with Crippen molar-refractivity contribution in [1.29, 1.82) is 0 Å². The number of ether oxygens (including phenoxy) is 2. The summed E-state index contributed by atoms with van der Waals surface area (Å²) in [7, 11) is 0. The van der Waals surface area contributed by atoms with Crippen LogP contribution in [0.25, 0.3) is 0 Å². The highest BCUT2D eigenvalue weighted by Crippen LogP contribution is 2.02. The number of hydrogen-bond donors (Lipinski definition) is 0. The molecule has 0 bridgehead atoms. The average molecular weight is 315 g/mol. The lowest BCUT2D eigenvalue weighted by Crippen LogP contribution is -2.05. The highest BCUT2D eigenvalue weighted by molar-refractivity contribution is 9.09. The SMILES string of the molecule is BrCCCCCCOCCOCc1ccccc1. The number of benzene rings is 1. The van der Waals surface area contributed by atoms with Gasteiger partial charge in [-0.05, 0) is 18.4 Å². The minimum atomic E-state index is 0.676. The van der Waals surface area contributed by atoms with Crippen LogP contribution in [0.15, 0.2) is 30.3 Å². The van der Waals surface area contributed by atoms with Gasteiger partial charge in [-0.3, -0.25) is 0 Å². The molecule has 0 amide bonds. The quantitative estimate of drug-likeness (QED) is 0.451. The lowest BCUT2D eigenvalue weighted by atomic mass is 10.2. The first-order chi connectivity index (χ1) is 8.93. The van der Waals surface area contributed by atoms with Crippen LogP contribution in [0.3, 0.4) is 0 Å². The van der Waals surface area contributed by atoms with E-state index in [-0.39, 0.29) is 0 Å². The number of alkyl halides is 1. The monoisotopic (exact) mass is 314 g/mol. The van der Waals surface area contributed by atoms with E-state index in [4.69, 9.17) is 9.47 Å². The summed E-state index contributed by atoms with van der Waals surface area (Å²) in [6.45, 7) is 2.91. The van der Waals surface area contributed by atoms with Gasteiger partial charge in [0.1, 0.15) is 0 Å². The molecule has 18 heavy (non-hydrogen) atoms. The van der Waals surface area contributed by atoms with Gasteiger partial charge < -0.3 is 9.47 Å². The van der Waals surface area contributed by atoms with Crippen molar-refractivity contribution in [2.24, 2.45) is 0 Å². The van der Waals surface area contributed by atoms with Crippen molar-refractivity contribution >= 4 is 15.9 Å². The summed E-state index contributed by atoms with van der Waals surface area (Å²) >= 11 is 3.43. The van der Waals surface area contributed by atoms with Gasteiger partial charge in [-0.15, -0.1) is 0 Å². The van der Waals surface area contributed by atoms with Crippen molar-refractivity contribution in [2.45, 2.75) is 32.3 Å². The molecule has 0 heterocycles. The number of rotatable bonds is 11. The Labute approximate surface area is 119 Å². The second-order valence-corrected chi connectivity index (χ2v) is 5.05. The summed E-state index contributed by atoms with van der Waals surface area (Å²) in [4.78, 5) is 0. The third-order valence-electron chi connectivity index (χ3n) is 2.66. The summed E-state index contributed by atoms with van der Waals surface area (Å²) < 4.78 is 11.0. The summed E-state index contributed by atoms with van der Waals surface area (Å²) in [5, 5.41) is 1.11. The molecule has 1 aromatic carbocycles. The average Bonchev–Trinajstić information content (AvgIpc) is 2.42. The first kappa shape index (κ1) is 15.7. The largest absolute Gasteiger partial charge is 0.379 e. The smallest absolute Gasteiger partial charge is 0.0718 e. The van der Waals surface area contributed by atoms with Crippen LogP contribution in [-0.2, 0) is 16.1 Å². The summed E-state index contributed by atoms with van der Waals surface area (Å²) in [5.74, 6) is 0. The van der Waals surface area contributed by atoms with E-state index in [1.165, 1.54) is 24.8 Å². The first-order valence-electron chi connectivity index (χ1n) is 6.69. The zero-order chi connectivity index (χ0) is 12.9. The molecule has 1 aromatic rings. The molecule has 0 saturated heterocycles. The third kappa shape index (κ3) is 8.67. The van der Waals surface area contributed by atoms with Crippen molar-refractivity contribution in [1.82, 2.24) is 0 Å². The summed E-state index contributed by atoms with van der Waals surface area (Å²) in [5.41, 5.74) is 1.22. The van der Waals surface area contributed by atoms with Crippen molar-refractivity contribution < 1.29 is 9.47 Å². The van der Waals surface area contributed by atoms with Crippen LogP contribution in [-0.4, -0.2) is 25.2 Å². The summed E-state index contributed by atoms with van der Waals surface area (Å²) in [6, 6.07) is 10.2. The standard InChI is InChI=1S/C15H23BrO2/c16-10-6-1-2-7-11-17-12-13-18-14-15-8-4-3-5-9-15/h3-5,8-9H,1-2,6-7,10-14H2. The molecule has 0 atom stereocenters. The van der Waals surface area contributed by atoms with Gasteiger partial charge in [0, 0.05) is 11.9 Å². The molecular weight excluding hydrogens is 292 g/mol. The van der Waals surface area contributed by atoms with Gasteiger partial charge in [-0.2, -0.15) is 0 Å². The van der Waals surface area contributed by atoms with Crippen molar-refractivity contribution in [3.05, 3.63) is 35.9 Å². The van der Waals surface area contributed by atoms with Crippen LogP contribution in [0.5, 0.6) is 0 Å². The zero-order valence-electron chi connectivity index (χ0n) is 10.9. The second-order valence-electron chi connectivity index (χ2n) is 4.25. The van der Waals surface area contributed by atoms with Crippen molar-refractivity contribution in [3.63, 3.8) is 0 Å². The van der Waals surface area contributed by atoms with Crippen LogP contribution in [0.1, 0.15) is 31.2 Å². The van der Waals surface area contributed by atoms with Crippen LogP contribution < -0.4 is 0 Å². The van der Waals surface area contributed by atoms with Gasteiger partial charge in [0.15, 0.2) is 0 Å². The maximum absolute atomic E-state index is 5.53. The molecular formula is C15H23BrO2. The van der Waals surface area contributed by atoms with Gasteiger partial charge in [-0.1, -0.05) is 59.1 Å². The first-order valence-corrected chi connectivity index (χ1v) is 7.81. The number of hydrogen-bond acceptors (Lipinski definition) is 2. The Morgan fingerprint density at radius 3 is 2.28 bits per heavy atom. The van der Waals surface area contributed by atoms with E-state index in [1.807, 2.05) is 18.2 Å². The predicted molar refractivity (Wildman–Crippen MR) is 79.2 cm³/mol. The van der Waals surface area contributed by atoms with Crippen LogP contribution in [0.2, 0.25) is 0 Å². The van der Waals surface area contributed by atoms with Gasteiger partial charge in [-0.25, -0.2) is 0 Å². The van der Waals surface area contributed by atoms with E-state index in [1.54, 1.807) is 0 Å². The van der Waals surface area contributed by atoms with Crippen molar-refractivity contribution in [2.75, 3.05) is 25.2 Å². The maximum atomic E-state index is 5.53. The van der Waals surface area contributed by atoms with E-state index in [9.17, 15) is 0 Å². The van der Waals surface area contributed by atoms with Crippen molar-refractivity contribution in [3.8, 4) is 0 Å².